The van der Waals surface area contributed by atoms with E-state index in [-0.39, 0.29) is 0 Å². The average molecular weight is 294 g/mol. The molecule has 8 atom stereocenters. The van der Waals surface area contributed by atoms with Crippen molar-refractivity contribution in [2.45, 2.75) is 69.0 Å². The summed E-state index contributed by atoms with van der Waals surface area (Å²) in [5.41, 5.74) is 0. The van der Waals surface area contributed by atoms with Gasteiger partial charge in [0.2, 0.25) is 0 Å². The minimum atomic E-state index is -1.46. The molecule has 0 saturated carbocycles. The SMILES string of the molecule is CC1OC(O)CCC1OC1OC(CO)C(O)C(O)C1O. The second-order valence-electron chi connectivity index (χ2n) is 5.25. The maximum Gasteiger partial charge on any atom is 0.187 e. The molecule has 8 nitrogen and oxygen atoms in total. The first-order chi connectivity index (χ1) is 9.43. The fourth-order valence-electron chi connectivity index (χ4n) is 2.48. The first kappa shape index (κ1) is 16.1. The maximum absolute atomic E-state index is 9.86. The van der Waals surface area contributed by atoms with Gasteiger partial charge < -0.3 is 39.7 Å². The topological polar surface area (TPSA) is 129 Å². The van der Waals surface area contributed by atoms with Crippen molar-refractivity contribution in [1.29, 1.82) is 0 Å². The highest BCUT2D eigenvalue weighted by Crippen LogP contribution is 2.27. The van der Waals surface area contributed by atoms with E-state index < -0.39 is 55.8 Å². The van der Waals surface area contributed by atoms with Gasteiger partial charge in [0.25, 0.3) is 0 Å². The van der Waals surface area contributed by atoms with Crippen LogP contribution in [0.4, 0.5) is 0 Å². The molecule has 2 saturated heterocycles. The third kappa shape index (κ3) is 3.29. The van der Waals surface area contributed by atoms with Crippen LogP contribution in [0.1, 0.15) is 19.8 Å². The van der Waals surface area contributed by atoms with E-state index in [0.29, 0.717) is 12.8 Å². The molecule has 0 aromatic heterocycles. The first-order valence-corrected chi connectivity index (χ1v) is 6.73. The molecular weight excluding hydrogens is 272 g/mol. The number of hydrogen-bond donors (Lipinski definition) is 5. The Labute approximate surface area is 116 Å². The Balaban J connectivity index is 1.97. The highest BCUT2D eigenvalue weighted by Gasteiger charge is 2.45. The fraction of sp³-hybridized carbons (Fsp3) is 1.00. The van der Waals surface area contributed by atoms with E-state index in [9.17, 15) is 20.4 Å². The van der Waals surface area contributed by atoms with Crippen LogP contribution in [0.25, 0.3) is 0 Å². The van der Waals surface area contributed by atoms with Crippen molar-refractivity contribution in [3.63, 3.8) is 0 Å². The van der Waals surface area contributed by atoms with Gasteiger partial charge in [-0.05, 0) is 13.3 Å². The molecule has 8 heteroatoms. The van der Waals surface area contributed by atoms with E-state index in [1.807, 2.05) is 0 Å². The molecule has 118 valence electrons. The quantitative estimate of drug-likeness (QED) is 0.393. The van der Waals surface area contributed by atoms with Crippen LogP contribution in [-0.2, 0) is 14.2 Å². The van der Waals surface area contributed by atoms with E-state index in [1.165, 1.54) is 0 Å². The maximum atomic E-state index is 9.86. The zero-order chi connectivity index (χ0) is 14.9. The van der Waals surface area contributed by atoms with E-state index in [0.717, 1.165) is 0 Å². The molecule has 2 rings (SSSR count). The van der Waals surface area contributed by atoms with E-state index in [2.05, 4.69) is 0 Å². The number of aliphatic hydroxyl groups is 5. The fourth-order valence-corrected chi connectivity index (χ4v) is 2.48. The summed E-state index contributed by atoms with van der Waals surface area (Å²) in [5.74, 6) is 0. The van der Waals surface area contributed by atoms with E-state index >= 15 is 0 Å². The van der Waals surface area contributed by atoms with Crippen LogP contribution in [0.15, 0.2) is 0 Å². The summed E-state index contributed by atoms with van der Waals surface area (Å²) in [5, 5.41) is 47.6. The molecule has 0 aromatic carbocycles. The average Bonchev–Trinajstić information content (AvgIpc) is 2.42. The summed E-state index contributed by atoms with van der Waals surface area (Å²) >= 11 is 0. The zero-order valence-electron chi connectivity index (χ0n) is 11.2. The lowest BCUT2D eigenvalue weighted by atomic mass is 9.99. The van der Waals surface area contributed by atoms with E-state index in [1.54, 1.807) is 6.92 Å². The normalized spacial score (nSPS) is 50.1. The van der Waals surface area contributed by atoms with Gasteiger partial charge in [-0.2, -0.15) is 0 Å². The third-order valence-electron chi connectivity index (χ3n) is 3.75. The second kappa shape index (κ2) is 6.63. The van der Waals surface area contributed by atoms with Gasteiger partial charge >= 0.3 is 0 Å². The molecule has 0 bridgehead atoms. The second-order valence-corrected chi connectivity index (χ2v) is 5.25. The van der Waals surface area contributed by atoms with Crippen molar-refractivity contribution in [2.24, 2.45) is 0 Å². The summed E-state index contributed by atoms with van der Waals surface area (Å²) in [6.07, 6.45) is -7.20. The van der Waals surface area contributed by atoms with Gasteiger partial charge in [-0.15, -0.1) is 0 Å². The van der Waals surface area contributed by atoms with Gasteiger partial charge in [0.1, 0.15) is 24.4 Å². The molecule has 2 aliphatic heterocycles. The van der Waals surface area contributed by atoms with Crippen LogP contribution >= 0.6 is 0 Å². The Morgan fingerprint density at radius 2 is 1.70 bits per heavy atom. The van der Waals surface area contributed by atoms with Gasteiger partial charge in [0.15, 0.2) is 12.6 Å². The summed E-state index contributed by atoms with van der Waals surface area (Å²) in [6, 6.07) is 0. The van der Waals surface area contributed by atoms with Gasteiger partial charge in [0, 0.05) is 6.42 Å². The first-order valence-electron chi connectivity index (χ1n) is 6.73. The van der Waals surface area contributed by atoms with Crippen LogP contribution in [0, 0.1) is 0 Å². The molecule has 0 radical (unpaired) electrons. The molecule has 0 amide bonds. The summed E-state index contributed by atoms with van der Waals surface area (Å²) in [7, 11) is 0. The molecule has 2 fully saturated rings. The summed E-state index contributed by atoms with van der Waals surface area (Å²) in [4.78, 5) is 0. The Kier molecular flexibility index (Phi) is 5.32. The van der Waals surface area contributed by atoms with E-state index in [4.69, 9.17) is 19.3 Å². The number of rotatable bonds is 3. The lowest BCUT2D eigenvalue weighted by molar-refractivity contribution is -0.327. The Morgan fingerprint density at radius 1 is 1.00 bits per heavy atom. The molecule has 0 aliphatic carbocycles. The monoisotopic (exact) mass is 294 g/mol. The van der Waals surface area contributed by atoms with Gasteiger partial charge in [-0.25, -0.2) is 0 Å². The molecule has 2 heterocycles. The lowest BCUT2D eigenvalue weighted by Gasteiger charge is -2.42. The van der Waals surface area contributed by atoms with Crippen LogP contribution < -0.4 is 0 Å². The number of aliphatic hydroxyl groups excluding tert-OH is 5. The zero-order valence-corrected chi connectivity index (χ0v) is 11.2. The van der Waals surface area contributed by atoms with Crippen molar-refractivity contribution in [3.8, 4) is 0 Å². The number of hydrogen-bond acceptors (Lipinski definition) is 8. The molecule has 0 spiro atoms. The van der Waals surface area contributed by atoms with Crippen molar-refractivity contribution in [3.05, 3.63) is 0 Å². The predicted molar refractivity (Wildman–Crippen MR) is 64.4 cm³/mol. The lowest BCUT2D eigenvalue weighted by Crippen LogP contribution is -2.60. The summed E-state index contributed by atoms with van der Waals surface area (Å²) in [6.45, 7) is 1.22. The van der Waals surface area contributed by atoms with Gasteiger partial charge in [0.05, 0.1) is 18.8 Å². The standard InChI is InChI=1S/C12H22O8/c1-5-6(2-3-8(14)18-5)19-12-11(17)10(16)9(15)7(4-13)20-12/h5-17H,2-4H2,1H3. The Morgan fingerprint density at radius 3 is 2.30 bits per heavy atom. The highest BCUT2D eigenvalue weighted by atomic mass is 16.7. The van der Waals surface area contributed by atoms with Crippen molar-refractivity contribution in [2.75, 3.05) is 6.61 Å². The molecule has 5 N–H and O–H groups in total. The predicted octanol–water partition coefficient (Wildman–Crippen LogP) is -2.31. The molecular formula is C12H22O8. The van der Waals surface area contributed by atoms with Crippen LogP contribution in [0.3, 0.4) is 0 Å². The highest BCUT2D eigenvalue weighted by molar-refractivity contribution is 4.89. The number of ether oxygens (including phenoxy) is 3. The van der Waals surface area contributed by atoms with Crippen molar-refractivity contribution >= 4 is 0 Å². The van der Waals surface area contributed by atoms with Gasteiger partial charge in [-0.3, -0.25) is 0 Å². The van der Waals surface area contributed by atoms with Crippen molar-refractivity contribution in [1.82, 2.24) is 0 Å². The van der Waals surface area contributed by atoms with Crippen molar-refractivity contribution < 1.29 is 39.7 Å². The molecule has 2 aliphatic rings. The van der Waals surface area contributed by atoms with Crippen LogP contribution in [0.5, 0.6) is 0 Å². The van der Waals surface area contributed by atoms with Gasteiger partial charge in [-0.1, -0.05) is 0 Å². The van der Waals surface area contributed by atoms with Crippen LogP contribution in [-0.4, -0.2) is 81.3 Å². The third-order valence-corrected chi connectivity index (χ3v) is 3.75. The Bertz CT molecular complexity index is 312. The molecule has 0 aromatic rings. The smallest absolute Gasteiger partial charge is 0.187 e. The molecule has 20 heavy (non-hydrogen) atoms. The van der Waals surface area contributed by atoms with Crippen LogP contribution in [0.2, 0.25) is 0 Å². The minimum absolute atomic E-state index is 0.395. The molecule has 8 unspecified atom stereocenters. The summed E-state index contributed by atoms with van der Waals surface area (Å²) < 4.78 is 16.0. The largest absolute Gasteiger partial charge is 0.394 e. The Hall–Kier alpha value is -0.320. The minimum Gasteiger partial charge on any atom is -0.394 e.